The molecule has 0 nitrogen and oxygen atoms in total. The van der Waals surface area contributed by atoms with Gasteiger partial charge in [-0.15, -0.1) is 0 Å². The molecule has 3 aromatic rings. The van der Waals surface area contributed by atoms with Crippen LogP contribution in [0.2, 0.25) is 0 Å². The van der Waals surface area contributed by atoms with Crippen LogP contribution in [0.1, 0.15) is 37.8 Å². The van der Waals surface area contributed by atoms with Crippen LogP contribution in [0.25, 0.3) is 27.5 Å². The van der Waals surface area contributed by atoms with E-state index in [4.69, 9.17) is 0 Å². The van der Waals surface area contributed by atoms with Gasteiger partial charge in [0.05, 0.1) is 0 Å². The largest absolute Gasteiger partial charge is 0.0616 e. The van der Waals surface area contributed by atoms with Crippen molar-refractivity contribution in [3.8, 4) is 11.1 Å². The first-order valence-corrected chi connectivity index (χ1v) is 8.51. The van der Waals surface area contributed by atoms with Gasteiger partial charge in [0.2, 0.25) is 0 Å². The molecule has 0 amide bonds. The Bertz CT molecular complexity index is 907. The molecule has 0 bridgehead atoms. The van der Waals surface area contributed by atoms with Crippen molar-refractivity contribution in [2.75, 3.05) is 0 Å². The Hall–Kier alpha value is -2.34. The molecule has 0 aromatic heterocycles. The van der Waals surface area contributed by atoms with Crippen molar-refractivity contribution in [2.24, 2.45) is 0 Å². The van der Waals surface area contributed by atoms with E-state index in [0.29, 0.717) is 0 Å². The summed E-state index contributed by atoms with van der Waals surface area (Å²) < 4.78 is 0. The van der Waals surface area contributed by atoms with Gasteiger partial charge in [-0.05, 0) is 51.4 Å². The predicted octanol–water partition coefficient (Wildman–Crippen LogP) is 6.65. The van der Waals surface area contributed by atoms with Crippen LogP contribution in [0.4, 0.5) is 0 Å². The van der Waals surface area contributed by atoms with Crippen molar-refractivity contribution in [3.05, 3.63) is 83.8 Å². The molecule has 0 unspecified atom stereocenters. The molecule has 4 rings (SSSR count). The summed E-state index contributed by atoms with van der Waals surface area (Å²) in [6.07, 6.45) is 4.57. The van der Waals surface area contributed by atoms with Gasteiger partial charge in [0.15, 0.2) is 0 Å². The van der Waals surface area contributed by atoms with Crippen LogP contribution in [0.3, 0.4) is 0 Å². The molecule has 0 N–H and O–H groups in total. The summed E-state index contributed by atoms with van der Waals surface area (Å²) >= 11 is 0. The van der Waals surface area contributed by atoms with Gasteiger partial charge in [0.25, 0.3) is 0 Å². The van der Waals surface area contributed by atoms with Crippen LogP contribution >= 0.6 is 0 Å². The molecular formula is C23H21. The first-order chi connectivity index (χ1) is 11.3. The molecule has 23 heavy (non-hydrogen) atoms. The first-order valence-electron chi connectivity index (χ1n) is 8.51. The Morgan fingerprint density at radius 1 is 0.696 bits per heavy atom. The standard InChI is InChI=1S/C23H21/c1-3-16-15-18-11-8-14-22(23(18)19(16)4-2)21-13-7-10-17-9-5-6-12-20(17)21/h5-15H,3-4H2,1-2H3. The van der Waals surface area contributed by atoms with Crippen LogP contribution in [0.15, 0.2) is 66.2 Å². The molecule has 0 heteroatoms. The highest BCUT2D eigenvalue weighted by Crippen LogP contribution is 2.44. The quantitative estimate of drug-likeness (QED) is 0.508. The lowest BCUT2D eigenvalue weighted by Gasteiger charge is -2.14. The molecule has 1 aliphatic rings. The Balaban J connectivity index is 2.02. The van der Waals surface area contributed by atoms with Crippen LogP contribution in [-0.2, 0) is 0 Å². The van der Waals surface area contributed by atoms with Gasteiger partial charge in [-0.1, -0.05) is 80.1 Å². The fourth-order valence-corrected chi connectivity index (χ4v) is 3.87. The molecule has 0 spiro atoms. The molecule has 0 aliphatic heterocycles. The van der Waals surface area contributed by atoms with Crippen molar-refractivity contribution in [1.82, 2.24) is 0 Å². The normalized spacial score (nSPS) is 13.7. The lowest BCUT2D eigenvalue weighted by Crippen LogP contribution is -1.91. The molecule has 1 radical (unpaired) electrons. The Kier molecular flexibility index (Phi) is 3.53. The van der Waals surface area contributed by atoms with E-state index in [1.165, 1.54) is 44.2 Å². The summed E-state index contributed by atoms with van der Waals surface area (Å²) in [5.74, 6) is 0. The topological polar surface area (TPSA) is 0 Å². The second-order valence-electron chi connectivity index (χ2n) is 6.15. The van der Waals surface area contributed by atoms with E-state index in [2.05, 4.69) is 80.9 Å². The van der Waals surface area contributed by atoms with E-state index in [-0.39, 0.29) is 0 Å². The van der Waals surface area contributed by atoms with Gasteiger partial charge in [0.1, 0.15) is 0 Å². The lowest BCUT2D eigenvalue weighted by molar-refractivity contribution is 1.11. The van der Waals surface area contributed by atoms with Crippen LogP contribution in [-0.4, -0.2) is 0 Å². The number of rotatable bonds is 3. The van der Waals surface area contributed by atoms with Gasteiger partial charge in [-0.25, -0.2) is 0 Å². The van der Waals surface area contributed by atoms with Crippen molar-refractivity contribution in [1.29, 1.82) is 0 Å². The number of benzene rings is 3. The fourth-order valence-electron chi connectivity index (χ4n) is 3.87. The Labute approximate surface area is 138 Å². The van der Waals surface area contributed by atoms with Gasteiger partial charge < -0.3 is 0 Å². The minimum absolute atomic E-state index is 1.09. The van der Waals surface area contributed by atoms with Crippen molar-refractivity contribution >= 4 is 16.3 Å². The van der Waals surface area contributed by atoms with E-state index in [9.17, 15) is 0 Å². The third-order valence-electron chi connectivity index (χ3n) is 4.93. The van der Waals surface area contributed by atoms with Crippen LogP contribution < -0.4 is 0 Å². The second-order valence-corrected chi connectivity index (χ2v) is 6.15. The monoisotopic (exact) mass is 297 g/mol. The maximum absolute atomic E-state index is 2.38. The second kappa shape index (κ2) is 5.70. The number of allylic oxidation sites excluding steroid dienone is 2. The minimum atomic E-state index is 1.09. The molecule has 0 atom stereocenters. The highest BCUT2D eigenvalue weighted by molar-refractivity contribution is 6.01. The van der Waals surface area contributed by atoms with Crippen molar-refractivity contribution in [3.63, 3.8) is 0 Å². The maximum atomic E-state index is 2.38. The van der Waals surface area contributed by atoms with Crippen molar-refractivity contribution in [2.45, 2.75) is 26.7 Å². The smallest absolute Gasteiger partial charge is 0.0167 e. The summed E-state index contributed by atoms with van der Waals surface area (Å²) in [6.45, 7) is 4.53. The maximum Gasteiger partial charge on any atom is 0.0167 e. The van der Waals surface area contributed by atoms with Crippen molar-refractivity contribution < 1.29 is 0 Å². The third-order valence-corrected chi connectivity index (χ3v) is 4.93. The Morgan fingerprint density at radius 3 is 2.26 bits per heavy atom. The fraction of sp³-hybridized carbons (Fsp3) is 0.174. The average molecular weight is 297 g/mol. The zero-order valence-corrected chi connectivity index (χ0v) is 13.8. The molecular weight excluding hydrogens is 276 g/mol. The summed E-state index contributed by atoms with van der Waals surface area (Å²) in [5.41, 5.74) is 8.56. The lowest BCUT2D eigenvalue weighted by atomic mass is 9.90. The molecule has 1 aliphatic carbocycles. The molecule has 0 heterocycles. The van der Waals surface area contributed by atoms with Gasteiger partial charge in [-0.2, -0.15) is 0 Å². The van der Waals surface area contributed by atoms with E-state index < -0.39 is 0 Å². The summed E-state index contributed by atoms with van der Waals surface area (Å²) in [4.78, 5) is 0. The summed E-state index contributed by atoms with van der Waals surface area (Å²) in [6, 6.07) is 22.0. The summed E-state index contributed by atoms with van der Waals surface area (Å²) in [5, 5.41) is 2.64. The zero-order chi connectivity index (χ0) is 15.8. The van der Waals surface area contributed by atoms with Gasteiger partial charge >= 0.3 is 0 Å². The van der Waals surface area contributed by atoms with E-state index in [0.717, 1.165) is 12.8 Å². The van der Waals surface area contributed by atoms with Gasteiger partial charge in [0, 0.05) is 6.42 Å². The minimum Gasteiger partial charge on any atom is -0.0616 e. The highest BCUT2D eigenvalue weighted by atomic mass is 14.3. The van der Waals surface area contributed by atoms with E-state index in [1.54, 1.807) is 0 Å². The number of fused-ring (bicyclic) bond motifs is 2. The molecule has 0 fully saturated rings. The molecule has 0 saturated heterocycles. The molecule has 0 saturated carbocycles. The molecule has 3 aromatic carbocycles. The average Bonchev–Trinajstić information content (AvgIpc) is 2.99. The van der Waals surface area contributed by atoms with E-state index in [1.807, 2.05) is 0 Å². The highest BCUT2D eigenvalue weighted by Gasteiger charge is 2.23. The Morgan fingerprint density at radius 2 is 1.43 bits per heavy atom. The summed E-state index contributed by atoms with van der Waals surface area (Å²) in [7, 11) is 0. The van der Waals surface area contributed by atoms with Crippen LogP contribution in [0, 0.1) is 6.42 Å². The number of hydrogen-bond donors (Lipinski definition) is 0. The molecule has 113 valence electrons. The predicted molar refractivity (Wildman–Crippen MR) is 100 cm³/mol. The van der Waals surface area contributed by atoms with Crippen LogP contribution in [0.5, 0.6) is 0 Å². The van der Waals surface area contributed by atoms with Gasteiger partial charge in [-0.3, -0.25) is 0 Å². The SMILES string of the molecule is CCC1=C(CC)c2c(cccc2-c2cccc3ccccc23)[CH]1. The zero-order valence-electron chi connectivity index (χ0n) is 13.8. The third kappa shape index (κ3) is 2.21. The number of hydrogen-bond acceptors (Lipinski definition) is 0. The first kappa shape index (κ1) is 14.3. The van der Waals surface area contributed by atoms with E-state index >= 15 is 0 Å².